The van der Waals surface area contributed by atoms with E-state index in [9.17, 15) is 4.79 Å². The zero-order valence-electron chi connectivity index (χ0n) is 14.6. The van der Waals surface area contributed by atoms with Crippen molar-refractivity contribution in [1.82, 2.24) is 29.5 Å². The SMILES string of the molecule is Cc1nccc(C(=O)N2CCOCC(Cc3ccc4nccn4n3)C2)n1. The highest BCUT2D eigenvalue weighted by Crippen LogP contribution is 2.15. The molecule has 1 aliphatic rings. The second kappa shape index (κ2) is 7.17. The van der Waals surface area contributed by atoms with E-state index in [-0.39, 0.29) is 11.8 Å². The van der Waals surface area contributed by atoms with Crippen molar-refractivity contribution < 1.29 is 9.53 Å². The minimum Gasteiger partial charge on any atom is -0.379 e. The molecule has 0 N–H and O–H groups in total. The minimum atomic E-state index is -0.0796. The molecule has 8 nitrogen and oxygen atoms in total. The van der Waals surface area contributed by atoms with Gasteiger partial charge in [0.05, 0.1) is 18.9 Å². The second-order valence-electron chi connectivity index (χ2n) is 6.44. The number of amides is 1. The molecule has 0 saturated carbocycles. The first-order valence-corrected chi connectivity index (χ1v) is 8.65. The summed E-state index contributed by atoms with van der Waals surface area (Å²) in [6, 6.07) is 5.59. The van der Waals surface area contributed by atoms with Gasteiger partial charge in [0.15, 0.2) is 5.65 Å². The molecular formula is C18H20N6O2. The largest absolute Gasteiger partial charge is 0.379 e. The van der Waals surface area contributed by atoms with Gasteiger partial charge in [0.25, 0.3) is 5.91 Å². The Kier molecular flexibility index (Phi) is 4.57. The van der Waals surface area contributed by atoms with Crippen LogP contribution >= 0.6 is 0 Å². The summed E-state index contributed by atoms with van der Waals surface area (Å²) >= 11 is 0. The number of hydrogen-bond donors (Lipinski definition) is 0. The molecule has 26 heavy (non-hydrogen) atoms. The molecule has 4 heterocycles. The fourth-order valence-corrected chi connectivity index (χ4v) is 3.19. The van der Waals surface area contributed by atoms with Crippen LogP contribution in [0.4, 0.5) is 0 Å². The molecule has 1 aliphatic heterocycles. The molecule has 134 valence electrons. The van der Waals surface area contributed by atoms with E-state index in [0.29, 0.717) is 37.8 Å². The van der Waals surface area contributed by atoms with E-state index in [1.54, 1.807) is 29.9 Å². The van der Waals surface area contributed by atoms with Gasteiger partial charge in [-0.2, -0.15) is 5.10 Å². The number of carbonyl (C=O) groups is 1. The standard InChI is InChI=1S/C18H20N6O2/c1-13-19-5-4-16(21-13)18(25)23-8-9-26-12-14(11-23)10-15-2-3-17-20-6-7-24(17)22-15/h2-7,14H,8-12H2,1H3. The highest BCUT2D eigenvalue weighted by Gasteiger charge is 2.25. The summed E-state index contributed by atoms with van der Waals surface area (Å²) in [7, 11) is 0. The van der Waals surface area contributed by atoms with Crippen LogP contribution in [0.25, 0.3) is 5.65 Å². The number of aryl methyl sites for hydroxylation is 1. The molecule has 1 unspecified atom stereocenters. The number of nitrogens with zero attached hydrogens (tertiary/aromatic N) is 6. The summed E-state index contributed by atoms with van der Waals surface area (Å²) in [5.41, 5.74) is 2.20. The predicted octanol–water partition coefficient (Wildman–Crippen LogP) is 1.16. The first-order valence-electron chi connectivity index (χ1n) is 8.65. The monoisotopic (exact) mass is 352 g/mol. The van der Waals surface area contributed by atoms with Gasteiger partial charge in [-0.1, -0.05) is 0 Å². The van der Waals surface area contributed by atoms with Crippen LogP contribution < -0.4 is 0 Å². The zero-order valence-corrected chi connectivity index (χ0v) is 14.6. The fourth-order valence-electron chi connectivity index (χ4n) is 3.19. The Morgan fingerprint density at radius 3 is 3.08 bits per heavy atom. The van der Waals surface area contributed by atoms with Crippen molar-refractivity contribution in [2.75, 3.05) is 26.3 Å². The third kappa shape index (κ3) is 3.55. The maximum atomic E-state index is 12.8. The van der Waals surface area contributed by atoms with Crippen LogP contribution in [-0.4, -0.2) is 61.7 Å². The van der Waals surface area contributed by atoms with Crippen molar-refractivity contribution in [3.05, 3.63) is 54.0 Å². The van der Waals surface area contributed by atoms with Gasteiger partial charge >= 0.3 is 0 Å². The van der Waals surface area contributed by atoms with E-state index < -0.39 is 0 Å². The van der Waals surface area contributed by atoms with Gasteiger partial charge < -0.3 is 9.64 Å². The summed E-state index contributed by atoms with van der Waals surface area (Å²) in [6.45, 7) is 4.09. The lowest BCUT2D eigenvalue weighted by molar-refractivity contribution is 0.0731. The number of hydrogen-bond acceptors (Lipinski definition) is 6. The third-order valence-corrected chi connectivity index (χ3v) is 4.43. The van der Waals surface area contributed by atoms with Crippen molar-refractivity contribution in [3.63, 3.8) is 0 Å². The van der Waals surface area contributed by atoms with Crippen LogP contribution in [0, 0.1) is 12.8 Å². The molecular weight excluding hydrogens is 332 g/mol. The molecule has 3 aromatic rings. The molecule has 1 fully saturated rings. The summed E-state index contributed by atoms with van der Waals surface area (Å²) in [5, 5.41) is 4.57. The highest BCUT2D eigenvalue weighted by molar-refractivity contribution is 5.92. The van der Waals surface area contributed by atoms with E-state index >= 15 is 0 Å². The fraction of sp³-hybridized carbons (Fsp3) is 0.389. The molecule has 4 rings (SSSR count). The number of fused-ring (bicyclic) bond motifs is 1. The third-order valence-electron chi connectivity index (χ3n) is 4.43. The van der Waals surface area contributed by atoms with Crippen molar-refractivity contribution >= 4 is 11.6 Å². The lowest BCUT2D eigenvalue weighted by Gasteiger charge is -2.23. The van der Waals surface area contributed by atoms with Gasteiger partial charge in [0.2, 0.25) is 0 Å². The smallest absolute Gasteiger partial charge is 0.272 e. The summed E-state index contributed by atoms with van der Waals surface area (Å²) in [6.07, 6.45) is 5.91. The summed E-state index contributed by atoms with van der Waals surface area (Å²) in [5.74, 6) is 0.693. The van der Waals surface area contributed by atoms with Crippen LogP contribution in [-0.2, 0) is 11.2 Å². The quantitative estimate of drug-likeness (QED) is 0.703. The van der Waals surface area contributed by atoms with Crippen LogP contribution in [0.2, 0.25) is 0 Å². The lowest BCUT2D eigenvalue weighted by atomic mass is 10.0. The maximum absolute atomic E-state index is 12.8. The Bertz CT molecular complexity index is 925. The van der Waals surface area contributed by atoms with Crippen molar-refractivity contribution in [2.24, 2.45) is 5.92 Å². The molecule has 0 aromatic carbocycles. The van der Waals surface area contributed by atoms with E-state index in [1.807, 2.05) is 23.2 Å². The van der Waals surface area contributed by atoms with E-state index in [4.69, 9.17) is 4.74 Å². The van der Waals surface area contributed by atoms with E-state index in [1.165, 1.54) is 0 Å². The highest BCUT2D eigenvalue weighted by atomic mass is 16.5. The van der Waals surface area contributed by atoms with Crippen molar-refractivity contribution in [2.45, 2.75) is 13.3 Å². The Morgan fingerprint density at radius 1 is 1.27 bits per heavy atom. The first-order chi connectivity index (χ1) is 12.7. The van der Waals surface area contributed by atoms with Crippen LogP contribution in [0.3, 0.4) is 0 Å². The lowest BCUT2D eigenvalue weighted by Crippen LogP contribution is -2.37. The molecule has 1 saturated heterocycles. The number of ether oxygens (including phenoxy) is 1. The van der Waals surface area contributed by atoms with Crippen LogP contribution in [0.5, 0.6) is 0 Å². The van der Waals surface area contributed by atoms with Gasteiger partial charge in [0, 0.05) is 37.6 Å². The number of carbonyl (C=O) groups excluding carboxylic acids is 1. The van der Waals surface area contributed by atoms with Gasteiger partial charge in [-0.3, -0.25) is 4.79 Å². The maximum Gasteiger partial charge on any atom is 0.272 e. The first kappa shape index (κ1) is 16.6. The zero-order chi connectivity index (χ0) is 17.9. The average Bonchev–Trinajstić information content (AvgIpc) is 2.99. The topological polar surface area (TPSA) is 85.5 Å². The Morgan fingerprint density at radius 2 is 2.19 bits per heavy atom. The molecule has 8 heteroatoms. The molecule has 0 aliphatic carbocycles. The molecule has 1 atom stereocenters. The van der Waals surface area contributed by atoms with Crippen LogP contribution in [0.1, 0.15) is 22.0 Å². The van der Waals surface area contributed by atoms with Gasteiger partial charge in [-0.25, -0.2) is 19.5 Å². The molecule has 0 spiro atoms. The minimum absolute atomic E-state index is 0.0796. The number of imidazole rings is 1. The van der Waals surface area contributed by atoms with Gasteiger partial charge in [0.1, 0.15) is 11.5 Å². The van der Waals surface area contributed by atoms with Gasteiger partial charge in [-0.15, -0.1) is 0 Å². The second-order valence-corrected chi connectivity index (χ2v) is 6.44. The summed E-state index contributed by atoms with van der Waals surface area (Å²) in [4.78, 5) is 27.1. The van der Waals surface area contributed by atoms with Crippen molar-refractivity contribution in [3.8, 4) is 0 Å². The average molecular weight is 352 g/mol. The Labute approximate surface area is 150 Å². The predicted molar refractivity (Wildman–Crippen MR) is 93.7 cm³/mol. The normalized spacial score (nSPS) is 18.0. The number of rotatable bonds is 3. The van der Waals surface area contributed by atoms with E-state index in [2.05, 4.69) is 20.1 Å². The van der Waals surface area contributed by atoms with E-state index in [0.717, 1.165) is 17.8 Å². The Balaban J connectivity index is 1.49. The van der Waals surface area contributed by atoms with Crippen LogP contribution in [0.15, 0.2) is 36.8 Å². The molecule has 0 radical (unpaired) electrons. The molecule has 3 aromatic heterocycles. The molecule has 0 bridgehead atoms. The summed E-state index contributed by atoms with van der Waals surface area (Å²) < 4.78 is 7.48. The number of aromatic nitrogens is 5. The van der Waals surface area contributed by atoms with Gasteiger partial charge in [-0.05, 0) is 31.5 Å². The van der Waals surface area contributed by atoms with Crippen molar-refractivity contribution in [1.29, 1.82) is 0 Å². The molecule has 1 amide bonds. The Hall–Kier alpha value is -2.87.